The molecule has 4 heteroatoms. The van der Waals surface area contributed by atoms with Crippen LogP contribution < -0.4 is 17.0 Å². The van der Waals surface area contributed by atoms with Gasteiger partial charge in [-0.1, -0.05) is 11.6 Å². The van der Waals surface area contributed by atoms with Gasteiger partial charge in [0.2, 0.25) is 5.78 Å². The number of rotatable bonds is 6. The number of likely N-dealkylation sites (N-methyl/N-ethyl adjacent to an activating group) is 1. The largest absolute Gasteiger partial charge is 1.00 e. The van der Waals surface area contributed by atoms with Crippen molar-refractivity contribution in [2.45, 2.75) is 20.8 Å². The van der Waals surface area contributed by atoms with Gasteiger partial charge in [0.05, 0.1) is 19.6 Å². The highest BCUT2D eigenvalue weighted by Crippen LogP contribution is 2.13. The summed E-state index contributed by atoms with van der Waals surface area (Å²) in [6.07, 6.45) is 0. The summed E-state index contributed by atoms with van der Waals surface area (Å²) in [7, 11) is 0. The predicted molar refractivity (Wildman–Crippen MR) is 72.5 cm³/mol. The van der Waals surface area contributed by atoms with Crippen LogP contribution in [0.2, 0.25) is 5.02 Å². The molecule has 0 heterocycles. The lowest BCUT2D eigenvalue weighted by molar-refractivity contribution is -0.915. The van der Waals surface area contributed by atoms with E-state index in [1.165, 1.54) is 0 Å². The normalized spacial score (nSPS) is 10.9. The third kappa shape index (κ3) is 4.38. The number of carbonyl (C=O) groups excluding carboxylic acids is 1. The quantitative estimate of drug-likeness (QED) is 0.544. The molecule has 0 aliphatic carbocycles. The highest BCUT2D eigenvalue weighted by molar-refractivity contribution is 6.30. The third-order valence-electron chi connectivity index (χ3n) is 3.66. The monoisotopic (exact) mass is 333 g/mol. The fraction of sp³-hybridized carbons (Fsp3) is 0.500. The molecule has 0 unspecified atom stereocenters. The minimum Gasteiger partial charge on any atom is -1.00 e. The van der Waals surface area contributed by atoms with Crippen molar-refractivity contribution >= 4 is 17.4 Å². The van der Waals surface area contributed by atoms with Gasteiger partial charge in [-0.25, -0.2) is 0 Å². The van der Waals surface area contributed by atoms with Crippen molar-refractivity contribution in [3.8, 4) is 0 Å². The molecule has 0 N–H and O–H groups in total. The molecule has 0 saturated carbocycles. The van der Waals surface area contributed by atoms with E-state index in [-0.39, 0.29) is 22.8 Å². The van der Waals surface area contributed by atoms with E-state index in [1.807, 2.05) is 0 Å². The predicted octanol–water partition coefficient (Wildman–Crippen LogP) is 0.403. The number of Topliss-reactive ketones (excluding diaryl/α,β-unsaturated/α-hetero) is 1. The molecule has 102 valence electrons. The Morgan fingerprint density at radius 3 is 1.89 bits per heavy atom. The van der Waals surface area contributed by atoms with Gasteiger partial charge in [0.25, 0.3) is 0 Å². The number of hydrogen-bond donors (Lipinski definition) is 0. The zero-order chi connectivity index (χ0) is 12.9. The average Bonchev–Trinajstić information content (AvgIpc) is 2.37. The molecule has 0 amide bonds. The Morgan fingerprint density at radius 1 is 1.06 bits per heavy atom. The van der Waals surface area contributed by atoms with Crippen molar-refractivity contribution in [2.75, 3.05) is 26.2 Å². The standard InChI is InChI=1S/C14H21ClNO.BrH/c1-4-16(5-2,6-3)11-14(17)12-7-9-13(15)10-8-12;/h7-10H,4-6,11H2,1-3H3;1H/q+1;/p-1. The summed E-state index contributed by atoms with van der Waals surface area (Å²) in [5.74, 6) is 0.201. The van der Waals surface area contributed by atoms with Crippen LogP contribution in [-0.2, 0) is 0 Å². The Labute approximate surface area is 125 Å². The second-order valence-electron chi connectivity index (χ2n) is 4.38. The van der Waals surface area contributed by atoms with E-state index >= 15 is 0 Å². The van der Waals surface area contributed by atoms with Crippen LogP contribution in [0.1, 0.15) is 31.1 Å². The van der Waals surface area contributed by atoms with E-state index in [1.54, 1.807) is 24.3 Å². The van der Waals surface area contributed by atoms with Gasteiger partial charge in [-0.2, -0.15) is 0 Å². The van der Waals surface area contributed by atoms with E-state index in [0.29, 0.717) is 11.6 Å². The lowest BCUT2D eigenvalue weighted by Gasteiger charge is -2.35. The van der Waals surface area contributed by atoms with Gasteiger partial charge < -0.3 is 21.5 Å². The molecule has 0 fully saturated rings. The maximum atomic E-state index is 12.2. The molecule has 0 aliphatic heterocycles. The van der Waals surface area contributed by atoms with E-state index < -0.39 is 0 Å². The van der Waals surface area contributed by atoms with Crippen LogP contribution in [0.25, 0.3) is 0 Å². The van der Waals surface area contributed by atoms with Gasteiger partial charge in [-0.05, 0) is 45.0 Å². The first-order valence-electron chi connectivity index (χ1n) is 6.20. The number of nitrogens with zero attached hydrogens (tertiary/aromatic N) is 1. The summed E-state index contributed by atoms with van der Waals surface area (Å²) in [5.41, 5.74) is 0.757. The summed E-state index contributed by atoms with van der Waals surface area (Å²) in [4.78, 5) is 12.2. The molecule has 0 saturated heterocycles. The van der Waals surface area contributed by atoms with E-state index in [0.717, 1.165) is 29.7 Å². The smallest absolute Gasteiger partial charge is 0.216 e. The molecule has 1 aromatic rings. The fourth-order valence-electron chi connectivity index (χ4n) is 2.04. The summed E-state index contributed by atoms with van der Waals surface area (Å²) in [6, 6.07) is 7.15. The summed E-state index contributed by atoms with van der Waals surface area (Å²) in [6.45, 7) is 9.97. The zero-order valence-corrected chi connectivity index (χ0v) is 13.6. The van der Waals surface area contributed by atoms with Gasteiger partial charge in [-0.15, -0.1) is 0 Å². The molecule has 0 aliphatic rings. The number of carbonyl (C=O) groups is 1. The number of ketones is 1. The maximum absolute atomic E-state index is 12.2. The Hall–Kier alpha value is -0.380. The Balaban J connectivity index is 0.00000289. The topological polar surface area (TPSA) is 17.1 Å². The highest BCUT2D eigenvalue weighted by atomic mass is 79.9. The molecule has 0 bridgehead atoms. The average molecular weight is 335 g/mol. The third-order valence-corrected chi connectivity index (χ3v) is 3.91. The molecule has 1 rings (SSSR count). The second kappa shape index (κ2) is 7.93. The van der Waals surface area contributed by atoms with Crippen molar-refractivity contribution < 1.29 is 26.3 Å². The van der Waals surface area contributed by atoms with E-state index in [4.69, 9.17) is 11.6 Å². The van der Waals surface area contributed by atoms with Crippen molar-refractivity contribution in [1.29, 1.82) is 0 Å². The molecule has 1 aromatic carbocycles. The Bertz CT molecular complexity index is 366. The first kappa shape index (κ1) is 17.6. The van der Waals surface area contributed by atoms with Crippen LogP contribution >= 0.6 is 11.6 Å². The molecule has 18 heavy (non-hydrogen) atoms. The highest BCUT2D eigenvalue weighted by Gasteiger charge is 2.25. The van der Waals surface area contributed by atoms with Crippen molar-refractivity contribution in [1.82, 2.24) is 0 Å². The molecule has 0 atom stereocenters. The Kier molecular flexibility index (Phi) is 7.76. The first-order valence-corrected chi connectivity index (χ1v) is 6.58. The van der Waals surface area contributed by atoms with Gasteiger partial charge in [0.15, 0.2) is 0 Å². The van der Waals surface area contributed by atoms with Crippen LogP contribution in [-0.4, -0.2) is 36.4 Å². The molecular formula is C14H21BrClNO. The van der Waals surface area contributed by atoms with Crippen LogP contribution in [0.15, 0.2) is 24.3 Å². The van der Waals surface area contributed by atoms with Crippen molar-refractivity contribution in [2.24, 2.45) is 0 Å². The molecule has 0 aromatic heterocycles. The first-order chi connectivity index (χ1) is 8.06. The van der Waals surface area contributed by atoms with Gasteiger partial charge >= 0.3 is 0 Å². The molecule has 0 spiro atoms. The number of hydrogen-bond acceptors (Lipinski definition) is 1. The second-order valence-corrected chi connectivity index (χ2v) is 4.81. The minimum atomic E-state index is 0. The molecular weight excluding hydrogens is 314 g/mol. The summed E-state index contributed by atoms with van der Waals surface area (Å²) < 4.78 is 0.849. The SMILES string of the molecule is CC[N+](CC)(CC)CC(=O)c1ccc(Cl)cc1.[Br-]. The lowest BCUT2D eigenvalue weighted by atomic mass is 10.1. The number of benzene rings is 1. The van der Waals surface area contributed by atoms with Crippen LogP contribution in [0, 0.1) is 0 Å². The molecule has 2 nitrogen and oxygen atoms in total. The maximum Gasteiger partial charge on any atom is 0.216 e. The fourth-order valence-corrected chi connectivity index (χ4v) is 2.16. The van der Waals surface area contributed by atoms with Crippen LogP contribution in [0.4, 0.5) is 0 Å². The minimum absolute atomic E-state index is 0. The van der Waals surface area contributed by atoms with Gasteiger partial charge in [0.1, 0.15) is 6.54 Å². The summed E-state index contributed by atoms with van der Waals surface area (Å²) in [5, 5.41) is 0.670. The number of halogens is 2. The molecule has 0 radical (unpaired) electrons. The van der Waals surface area contributed by atoms with E-state index in [2.05, 4.69) is 20.8 Å². The van der Waals surface area contributed by atoms with E-state index in [9.17, 15) is 4.79 Å². The Morgan fingerprint density at radius 2 is 1.50 bits per heavy atom. The summed E-state index contributed by atoms with van der Waals surface area (Å²) >= 11 is 5.82. The van der Waals surface area contributed by atoms with Gasteiger partial charge in [-0.3, -0.25) is 4.79 Å². The zero-order valence-electron chi connectivity index (χ0n) is 11.2. The van der Waals surface area contributed by atoms with Gasteiger partial charge in [0, 0.05) is 10.6 Å². The van der Waals surface area contributed by atoms with Crippen LogP contribution in [0.5, 0.6) is 0 Å². The lowest BCUT2D eigenvalue weighted by Crippen LogP contribution is -3.00. The van der Waals surface area contributed by atoms with Crippen LogP contribution in [0.3, 0.4) is 0 Å². The number of quaternary nitrogens is 1. The van der Waals surface area contributed by atoms with Crippen molar-refractivity contribution in [3.63, 3.8) is 0 Å². The van der Waals surface area contributed by atoms with Crippen molar-refractivity contribution in [3.05, 3.63) is 34.9 Å².